The Kier molecular flexibility index (Phi) is 3.15. The molecule has 1 aromatic carbocycles. The van der Waals surface area contributed by atoms with Crippen molar-refractivity contribution < 1.29 is 9.95 Å². The first-order valence-electron chi connectivity index (χ1n) is 7.43. The monoisotopic (exact) mass is 287 g/mol. The molecule has 0 unspecified atom stereocenters. The van der Waals surface area contributed by atoms with Gasteiger partial charge in [-0.25, -0.2) is 0 Å². The molecule has 21 heavy (non-hydrogen) atoms. The molecule has 0 atom stereocenters. The van der Waals surface area contributed by atoms with Crippen LogP contribution in [0.1, 0.15) is 46.5 Å². The van der Waals surface area contributed by atoms with Crippen molar-refractivity contribution >= 4 is 0 Å². The lowest BCUT2D eigenvalue weighted by atomic mass is 9.97. The summed E-state index contributed by atoms with van der Waals surface area (Å²) in [6.45, 7) is 7.68. The topological polar surface area (TPSA) is 65.0 Å². The van der Waals surface area contributed by atoms with Gasteiger partial charge in [0.05, 0.1) is 0 Å². The summed E-state index contributed by atoms with van der Waals surface area (Å²) in [4.78, 5) is 2.32. The number of phenolic OH excluding ortho intramolecular Hbond substituents is 1. The van der Waals surface area contributed by atoms with E-state index in [-0.39, 0.29) is 5.75 Å². The number of hydrogen-bond donors (Lipinski definition) is 1. The van der Waals surface area contributed by atoms with Gasteiger partial charge in [0.2, 0.25) is 5.69 Å². The summed E-state index contributed by atoms with van der Waals surface area (Å²) in [6.07, 6.45) is 3.77. The Morgan fingerprint density at radius 1 is 1.00 bits per heavy atom. The highest BCUT2D eigenvalue weighted by Crippen LogP contribution is 2.33. The van der Waals surface area contributed by atoms with Gasteiger partial charge in [-0.15, -0.1) is 4.85 Å². The van der Waals surface area contributed by atoms with Gasteiger partial charge >= 0.3 is 0 Å². The first-order chi connectivity index (χ1) is 9.93. The second kappa shape index (κ2) is 4.76. The van der Waals surface area contributed by atoms with Crippen molar-refractivity contribution in [1.82, 2.24) is 9.90 Å². The van der Waals surface area contributed by atoms with Crippen molar-refractivity contribution in [3.05, 3.63) is 38.8 Å². The predicted octanol–water partition coefficient (Wildman–Crippen LogP) is 2.32. The third kappa shape index (κ3) is 1.91. The van der Waals surface area contributed by atoms with E-state index >= 15 is 0 Å². The molecular formula is C16H21N3O2. The van der Waals surface area contributed by atoms with Crippen LogP contribution in [-0.2, 0) is 12.8 Å². The van der Waals surface area contributed by atoms with Crippen LogP contribution in [0, 0.1) is 32.9 Å². The summed E-state index contributed by atoms with van der Waals surface area (Å²) in [6, 6.07) is 0. The number of aromatic nitrogens is 3. The third-order valence-corrected chi connectivity index (χ3v) is 4.77. The summed E-state index contributed by atoms with van der Waals surface area (Å²) in [5.74, 6) is 0.251. The van der Waals surface area contributed by atoms with E-state index < -0.39 is 0 Å². The number of phenols is 1. The zero-order valence-electron chi connectivity index (χ0n) is 13.0. The average Bonchev–Trinajstić information content (AvgIpc) is 2.81. The van der Waals surface area contributed by atoms with Crippen LogP contribution in [0.5, 0.6) is 5.75 Å². The van der Waals surface area contributed by atoms with E-state index in [1.807, 2.05) is 27.7 Å². The van der Waals surface area contributed by atoms with Crippen molar-refractivity contribution in [2.24, 2.45) is 0 Å². The van der Waals surface area contributed by atoms with Gasteiger partial charge in [-0.3, -0.25) is 0 Å². The standard InChI is InChI=1S/C16H21N3O2/c1-9-10(2)15(12(4)16(20)11(9)3)18-17-13-7-5-6-8-14(13)19(18)21/h20H,5-8H2,1-4H3. The smallest absolute Gasteiger partial charge is 0.222 e. The lowest BCUT2D eigenvalue weighted by Crippen LogP contribution is -2.41. The molecule has 112 valence electrons. The van der Waals surface area contributed by atoms with Crippen LogP contribution in [0.2, 0.25) is 0 Å². The lowest BCUT2D eigenvalue weighted by Gasteiger charge is -2.16. The summed E-state index contributed by atoms with van der Waals surface area (Å²) in [7, 11) is 0. The van der Waals surface area contributed by atoms with Crippen molar-refractivity contribution in [2.45, 2.75) is 53.4 Å². The van der Waals surface area contributed by atoms with Crippen LogP contribution in [0.3, 0.4) is 0 Å². The van der Waals surface area contributed by atoms with E-state index in [1.165, 1.54) is 4.80 Å². The first-order valence-corrected chi connectivity index (χ1v) is 7.43. The predicted molar refractivity (Wildman–Crippen MR) is 79.8 cm³/mol. The molecule has 0 saturated carbocycles. The van der Waals surface area contributed by atoms with E-state index in [1.54, 1.807) is 0 Å². The van der Waals surface area contributed by atoms with Gasteiger partial charge in [0.25, 0.3) is 0 Å². The number of aromatic hydroxyl groups is 1. The molecule has 0 aliphatic heterocycles. The van der Waals surface area contributed by atoms with Crippen LogP contribution in [0.4, 0.5) is 0 Å². The average molecular weight is 287 g/mol. The Morgan fingerprint density at radius 2 is 1.67 bits per heavy atom. The quantitative estimate of drug-likeness (QED) is 0.646. The second-order valence-corrected chi connectivity index (χ2v) is 5.96. The van der Waals surface area contributed by atoms with E-state index in [2.05, 4.69) is 5.10 Å². The normalized spacial score (nSPS) is 14.3. The Bertz CT molecular complexity index is 703. The third-order valence-electron chi connectivity index (χ3n) is 4.77. The first kappa shape index (κ1) is 13.9. The number of benzene rings is 1. The minimum atomic E-state index is 0.251. The van der Waals surface area contributed by atoms with E-state index in [9.17, 15) is 10.3 Å². The molecule has 1 aliphatic carbocycles. The molecule has 3 rings (SSSR count). The molecule has 0 radical (unpaired) electrons. The van der Waals surface area contributed by atoms with Gasteiger partial charge in [-0.05, 0) is 62.0 Å². The van der Waals surface area contributed by atoms with Crippen LogP contribution in [0.25, 0.3) is 5.69 Å². The zero-order chi connectivity index (χ0) is 15.3. The molecule has 1 N–H and O–H groups in total. The van der Waals surface area contributed by atoms with Crippen LogP contribution >= 0.6 is 0 Å². The lowest BCUT2D eigenvalue weighted by molar-refractivity contribution is -0.696. The molecule has 0 saturated heterocycles. The number of aryl methyl sites for hydroxylation is 1. The zero-order valence-corrected chi connectivity index (χ0v) is 13.0. The van der Waals surface area contributed by atoms with Crippen molar-refractivity contribution in [3.8, 4) is 11.4 Å². The van der Waals surface area contributed by atoms with Crippen LogP contribution in [0.15, 0.2) is 0 Å². The van der Waals surface area contributed by atoms with Crippen molar-refractivity contribution in [1.29, 1.82) is 0 Å². The Hall–Kier alpha value is -2.04. The second-order valence-electron chi connectivity index (χ2n) is 5.96. The fourth-order valence-electron chi connectivity index (χ4n) is 3.21. The Balaban J connectivity index is 2.29. The maximum atomic E-state index is 12.6. The van der Waals surface area contributed by atoms with Gasteiger partial charge in [-0.2, -0.15) is 0 Å². The van der Waals surface area contributed by atoms with Gasteiger partial charge in [0.1, 0.15) is 11.4 Å². The van der Waals surface area contributed by atoms with Gasteiger partial charge in [0, 0.05) is 23.5 Å². The molecule has 0 fully saturated rings. The molecule has 0 amide bonds. The maximum absolute atomic E-state index is 12.6. The maximum Gasteiger partial charge on any atom is 0.222 e. The SMILES string of the molecule is Cc1c(C)c(O)c(C)c(-n2nc3c([n+]2[O-])CCCC3)c1C. The molecule has 5 nitrogen and oxygen atoms in total. The number of hydrogen-bond acceptors (Lipinski definition) is 3. The van der Waals surface area contributed by atoms with Crippen LogP contribution in [-0.4, -0.2) is 15.0 Å². The number of fused-ring (bicyclic) bond motifs is 1. The fraction of sp³-hybridized carbons (Fsp3) is 0.500. The molecule has 1 heterocycles. The molecule has 1 aliphatic rings. The van der Waals surface area contributed by atoms with Gasteiger partial charge in [-0.1, -0.05) is 0 Å². The molecule has 2 aromatic rings. The molecule has 1 aromatic heterocycles. The number of rotatable bonds is 1. The van der Waals surface area contributed by atoms with E-state index in [4.69, 9.17) is 0 Å². The summed E-state index contributed by atoms with van der Waals surface area (Å²) in [5, 5.41) is 27.4. The van der Waals surface area contributed by atoms with Crippen molar-refractivity contribution in [2.75, 3.05) is 0 Å². The van der Waals surface area contributed by atoms with Crippen LogP contribution < -0.4 is 4.85 Å². The summed E-state index contributed by atoms with van der Waals surface area (Å²) >= 11 is 0. The van der Waals surface area contributed by atoms with E-state index in [0.29, 0.717) is 11.3 Å². The fourth-order valence-corrected chi connectivity index (χ4v) is 3.21. The number of nitrogens with zero attached hydrogens (tertiary/aromatic N) is 3. The summed E-state index contributed by atoms with van der Waals surface area (Å²) < 4.78 is 0. The van der Waals surface area contributed by atoms with Crippen molar-refractivity contribution in [3.63, 3.8) is 0 Å². The molecule has 5 heteroatoms. The highest BCUT2D eigenvalue weighted by atomic mass is 16.5. The molecule has 0 bridgehead atoms. The molecular weight excluding hydrogens is 266 g/mol. The van der Waals surface area contributed by atoms with Gasteiger partial charge < -0.3 is 10.3 Å². The highest BCUT2D eigenvalue weighted by Gasteiger charge is 2.28. The highest BCUT2D eigenvalue weighted by molar-refractivity contribution is 5.59. The van der Waals surface area contributed by atoms with Gasteiger partial charge in [0.15, 0.2) is 5.69 Å². The minimum Gasteiger partial charge on any atom is -0.692 e. The largest absolute Gasteiger partial charge is 0.692 e. The van der Waals surface area contributed by atoms with E-state index in [0.717, 1.165) is 58.6 Å². The Labute approximate surface area is 124 Å². The minimum absolute atomic E-state index is 0.251. The molecule has 0 spiro atoms. The Morgan fingerprint density at radius 3 is 2.33 bits per heavy atom. The summed E-state index contributed by atoms with van der Waals surface area (Å²) in [5.41, 5.74) is 5.95.